The lowest BCUT2D eigenvalue weighted by atomic mass is 10.1. The molecule has 202 valence electrons. The van der Waals surface area contributed by atoms with Gasteiger partial charge in [-0.15, -0.1) is 0 Å². The predicted molar refractivity (Wildman–Crippen MR) is 130 cm³/mol. The van der Waals surface area contributed by atoms with Crippen molar-refractivity contribution in [1.29, 1.82) is 0 Å². The van der Waals surface area contributed by atoms with Crippen LogP contribution in [0.5, 0.6) is 0 Å². The van der Waals surface area contributed by atoms with Gasteiger partial charge in [0.1, 0.15) is 26.2 Å². The summed E-state index contributed by atoms with van der Waals surface area (Å²) in [6.07, 6.45) is 1.54. The number of primary amides is 1. The Kier molecular flexibility index (Phi) is 14.0. The Hall–Kier alpha value is -2.74. The third-order valence-corrected chi connectivity index (χ3v) is 6.02. The number of nitrogens with zero attached hydrogens (tertiary/aromatic N) is 3. The molecule has 0 bridgehead atoms. The van der Waals surface area contributed by atoms with Crippen molar-refractivity contribution in [2.45, 2.75) is 0 Å². The number of carbonyl (C=O) groups is 4. The van der Waals surface area contributed by atoms with Gasteiger partial charge in [-0.25, -0.2) is 23.5 Å². The lowest BCUT2D eigenvalue weighted by molar-refractivity contribution is -0.882. The van der Waals surface area contributed by atoms with E-state index in [1.165, 1.54) is 57.6 Å². The molecule has 0 aliphatic carbocycles. The van der Waals surface area contributed by atoms with Gasteiger partial charge in [0.05, 0.1) is 26.4 Å². The summed E-state index contributed by atoms with van der Waals surface area (Å²) in [6.45, 7) is 2.24. The average molecular weight is 513 g/mol. The molecule has 0 unspecified atom stereocenters. The van der Waals surface area contributed by atoms with Gasteiger partial charge in [-0.3, -0.25) is 9.59 Å². The topological polar surface area (TPSA) is 134 Å². The van der Waals surface area contributed by atoms with Gasteiger partial charge in [0.2, 0.25) is 5.91 Å². The number of nitrogens with two attached hydrogens (primary N) is 1. The number of rotatable bonds is 20. The molecule has 4 amide bonds. The summed E-state index contributed by atoms with van der Waals surface area (Å²) in [7, 11) is 6.12. The molecule has 1 aromatic rings. The predicted octanol–water partition coefficient (Wildman–Crippen LogP) is -0.325. The highest BCUT2D eigenvalue weighted by Crippen LogP contribution is 2.16. The normalized spacial score (nSPS) is 11.8. The van der Waals surface area contributed by atoms with Crippen molar-refractivity contribution in [2.24, 2.45) is 5.73 Å². The lowest BCUT2D eigenvalue weighted by Gasteiger charge is -2.40. The summed E-state index contributed by atoms with van der Waals surface area (Å²) in [6, 6.07) is 5.91. The molecule has 1 rings (SSSR count). The molecule has 12 nitrogen and oxygen atoms in total. The van der Waals surface area contributed by atoms with E-state index in [0.717, 1.165) is 12.8 Å². The second-order valence-corrected chi connectivity index (χ2v) is 8.58. The van der Waals surface area contributed by atoms with Gasteiger partial charge >= 0.3 is 12.8 Å². The van der Waals surface area contributed by atoms with Gasteiger partial charge in [-0.1, -0.05) is 0 Å². The Morgan fingerprint density at radius 2 is 1.06 bits per heavy atom. The maximum Gasteiger partial charge on any atom is 0.303 e. The fourth-order valence-electron chi connectivity index (χ4n) is 3.69. The van der Waals surface area contributed by atoms with Crippen LogP contribution in [0.1, 0.15) is 20.7 Å². The summed E-state index contributed by atoms with van der Waals surface area (Å²) in [4.78, 5) is 51.5. The third-order valence-electron chi connectivity index (χ3n) is 6.02. The van der Waals surface area contributed by atoms with Crippen LogP contribution in [0.25, 0.3) is 0 Å². The molecule has 0 spiro atoms. The van der Waals surface area contributed by atoms with Crippen molar-refractivity contribution in [2.75, 3.05) is 94.4 Å². The molecule has 0 aromatic heterocycles. The number of hydrogen-bond acceptors (Lipinski definition) is 8. The van der Waals surface area contributed by atoms with Crippen LogP contribution in [0.2, 0.25) is 0 Å². The number of ether oxygens (including phenoxy) is 4. The first-order valence-corrected chi connectivity index (χ1v) is 11.5. The first-order valence-electron chi connectivity index (χ1n) is 11.5. The molecule has 12 heteroatoms. The molecule has 0 radical (unpaired) electrons. The molecule has 0 aliphatic rings. The number of carbonyl (C=O) groups excluding carboxylic acids is 4. The molecule has 0 fully saturated rings. The van der Waals surface area contributed by atoms with Gasteiger partial charge in [-0.2, -0.15) is 0 Å². The Bertz CT molecular complexity index is 784. The maximum absolute atomic E-state index is 13.7. The van der Waals surface area contributed by atoms with Crippen molar-refractivity contribution in [3.05, 3.63) is 35.4 Å². The maximum atomic E-state index is 13.7. The number of methoxy groups -OCH3 is 4. The van der Waals surface area contributed by atoms with Crippen molar-refractivity contribution < 1.29 is 47.1 Å². The highest BCUT2D eigenvalue weighted by atomic mass is 16.5. The van der Waals surface area contributed by atoms with Crippen LogP contribution < -0.4 is 5.73 Å². The largest absolute Gasteiger partial charge is 0.379 e. The van der Waals surface area contributed by atoms with Gasteiger partial charge in [0, 0.05) is 39.6 Å². The minimum absolute atomic E-state index is 0.0274. The van der Waals surface area contributed by atoms with E-state index in [0.29, 0.717) is 26.2 Å². The van der Waals surface area contributed by atoms with Crippen molar-refractivity contribution in [1.82, 2.24) is 4.90 Å². The van der Waals surface area contributed by atoms with E-state index in [2.05, 4.69) is 0 Å². The van der Waals surface area contributed by atoms with Crippen LogP contribution in [-0.2, 0) is 28.5 Å². The molecular weight excluding hydrogens is 472 g/mol. The van der Waals surface area contributed by atoms with Crippen LogP contribution in [0.15, 0.2) is 24.3 Å². The van der Waals surface area contributed by atoms with Crippen LogP contribution in [0.4, 0.5) is 0 Å². The zero-order chi connectivity index (χ0) is 27.0. The Labute approximate surface area is 212 Å². The first-order chi connectivity index (χ1) is 17.3. The van der Waals surface area contributed by atoms with E-state index in [1.807, 2.05) is 0 Å². The first kappa shape index (κ1) is 31.3. The number of benzene rings is 1. The summed E-state index contributed by atoms with van der Waals surface area (Å²) in [5.74, 6) is -1.03. The molecule has 0 saturated carbocycles. The lowest BCUT2D eigenvalue weighted by Crippen LogP contribution is -2.63. The van der Waals surface area contributed by atoms with Gasteiger partial charge in [0.25, 0.3) is 5.91 Å². The Morgan fingerprint density at radius 1 is 0.722 bits per heavy atom. The highest BCUT2D eigenvalue weighted by Gasteiger charge is 2.38. The number of quaternary nitrogens is 2. The van der Waals surface area contributed by atoms with Crippen molar-refractivity contribution >= 4 is 24.6 Å². The molecule has 0 heterocycles. The zero-order valence-electron chi connectivity index (χ0n) is 21.7. The summed E-state index contributed by atoms with van der Waals surface area (Å²) in [5.41, 5.74) is 5.87. The molecule has 2 N–H and O–H groups in total. The number of amides is 4. The fraction of sp³-hybridized carbons (Fsp3) is 0.583. The Morgan fingerprint density at radius 3 is 1.33 bits per heavy atom. The highest BCUT2D eigenvalue weighted by molar-refractivity contribution is 5.97. The molecule has 1 aromatic carbocycles. The van der Waals surface area contributed by atoms with E-state index < -0.39 is 11.8 Å². The molecular formula is C24H40N4O8+2. The fourth-order valence-corrected chi connectivity index (χ4v) is 3.69. The molecule has 36 heavy (non-hydrogen) atoms. The number of hydrogen-bond donors (Lipinski definition) is 1. The van der Waals surface area contributed by atoms with Gasteiger partial charge in [0.15, 0.2) is 13.3 Å². The summed E-state index contributed by atoms with van der Waals surface area (Å²) >= 11 is 0. The van der Waals surface area contributed by atoms with Crippen LogP contribution in [0, 0.1) is 0 Å². The van der Waals surface area contributed by atoms with Crippen LogP contribution in [-0.4, -0.2) is 133 Å². The Balaban J connectivity index is 3.49. The van der Waals surface area contributed by atoms with E-state index in [4.69, 9.17) is 24.7 Å². The van der Waals surface area contributed by atoms with Gasteiger partial charge < -0.3 is 24.7 Å². The summed E-state index contributed by atoms with van der Waals surface area (Å²) < 4.78 is 20.6. The van der Waals surface area contributed by atoms with E-state index in [9.17, 15) is 19.2 Å². The van der Waals surface area contributed by atoms with E-state index in [1.54, 1.807) is 0 Å². The molecule has 0 saturated heterocycles. The quantitative estimate of drug-likeness (QED) is 0.143. The second kappa shape index (κ2) is 16.1. The van der Waals surface area contributed by atoms with Crippen LogP contribution in [0.3, 0.4) is 0 Å². The standard InChI is InChI=1S/C24H39N4O8/c1-33-13-9-27(19-29,10-14-34-2)17-26(18-28(20-30,11-15-35-3)12-16-36-4)24(32)22-7-5-21(6-8-22)23(25)31/h5-8,19-20H,9-18H2,1-4H3,(H-,25,31)/q+1/p+1. The van der Waals surface area contributed by atoms with Crippen molar-refractivity contribution in [3.63, 3.8) is 0 Å². The van der Waals surface area contributed by atoms with E-state index in [-0.39, 0.29) is 59.9 Å². The molecule has 0 aliphatic heterocycles. The minimum Gasteiger partial charge on any atom is -0.379 e. The third kappa shape index (κ3) is 9.37. The minimum atomic E-state index is -0.614. The average Bonchev–Trinajstić information content (AvgIpc) is 2.90. The smallest absolute Gasteiger partial charge is 0.303 e. The van der Waals surface area contributed by atoms with E-state index >= 15 is 0 Å². The SMILES string of the molecule is COCC[N+](C=O)(CCOC)CN(C[N+](C=O)(CCOC)CCOC)C(=O)c1ccc(C(N)=O)cc1. The van der Waals surface area contributed by atoms with Crippen molar-refractivity contribution in [3.8, 4) is 0 Å². The monoisotopic (exact) mass is 512 g/mol. The second-order valence-electron chi connectivity index (χ2n) is 8.58. The summed E-state index contributed by atoms with van der Waals surface area (Å²) in [5, 5.41) is 0. The van der Waals surface area contributed by atoms with Crippen LogP contribution >= 0.6 is 0 Å². The molecule has 0 atom stereocenters. The van der Waals surface area contributed by atoms with Gasteiger partial charge in [-0.05, 0) is 24.3 Å². The zero-order valence-corrected chi connectivity index (χ0v) is 21.7.